The van der Waals surface area contributed by atoms with Gasteiger partial charge in [-0.15, -0.1) is 0 Å². The lowest BCUT2D eigenvalue weighted by molar-refractivity contribution is -0.0353. The minimum atomic E-state index is -0.299. The molecular formula is C25H30FN3O3. The summed E-state index contributed by atoms with van der Waals surface area (Å²) in [7, 11) is 3.65. The number of methoxy groups -OCH3 is 1. The minimum Gasteiger partial charge on any atom is -0.496 e. The van der Waals surface area contributed by atoms with Gasteiger partial charge in [-0.25, -0.2) is 4.39 Å². The van der Waals surface area contributed by atoms with E-state index in [1.165, 1.54) is 23.3 Å². The molecule has 0 aliphatic carbocycles. The zero-order valence-electron chi connectivity index (χ0n) is 18.9. The van der Waals surface area contributed by atoms with Crippen LogP contribution in [0.3, 0.4) is 0 Å². The number of nitrogens with zero attached hydrogens (tertiary/aromatic N) is 3. The number of halogens is 1. The van der Waals surface area contributed by atoms with E-state index in [2.05, 4.69) is 41.2 Å². The molecule has 2 aromatic carbocycles. The highest BCUT2D eigenvalue weighted by molar-refractivity contribution is 5.37. The van der Waals surface area contributed by atoms with Crippen molar-refractivity contribution in [1.29, 1.82) is 0 Å². The van der Waals surface area contributed by atoms with Crippen LogP contribution in [0.4, 0.5) is 4.39 Å². The molecule has 0 saturated carbocycles. The van der Waals surface area contributed by atoms with Gasteiger partial charge in [0, 0.05) is 50.4 Å². The fourth-order valence-electron chi connectivity index (χ4n) is 4.00. The highest BCUT2D eigenvalue weighted by atomic mass is 19.1. The molecule has 0 amide bonds. The first-order valence-corrected chi connectivity index (χ1v) is 10.9. The zero-order chi connectivity index (χ0) is 22.5. The molecule has 1 aliphatic heterocycles. The summed E-state index contributed by atoms with van der Waals surface area (Å²) in [6, 6.07) is 14.6. The van der Waals surface area contributed by atoms with Crippen LogP contribution in [0.1, 0.15) is 28.6 Å². The summed E-state index contributed by atoms with van der Waals surface area (Å²) in [4.78, 5) is 2.38. The van der Waals surface area contributed by atoms with Crippen molar-refractivity contribution in [3.8, 4) is 11.5 Å². The predicted molar refractivity (Wildman–Crippen MR) is 121 cm³/mol. The van der Waals surface area contributed by atoms with Crippen LogP contribution in [0.5, 0.6) is 11.5 Å². The summed E-state index contributed by atoms with van der Waals surface area (Å²) < 4.78 is 32.5. The lowest BCUT2D eigenvalue weighted by Crippen LogP contribution is -2.38. The van der Waals surface area contributed by atoms with Gasteiger partial charge < -0.3 is 14.2 Å². The average Bonchev–Trinajstić information content (AvgIpc) is 3.16. The van der Waals surface area contributed by atoms with Crippen molar-refractivity contribution in [2.45, 2.75) is 26.0 Å². The maximum atomic E-state index is 13.3. The van der Waals surface area contributed by atoms with E-state index in [1.54, 1.807) is 19.2 Å². The normalized spacial score (nSPS) is 16.8. The number of rotatable bonds is 8. The predicted octanol–water partition coefficient (Wildman–Crippen LogP) is 4.07. The van der Waals surface area contributed by atoms with Crippen LogP contribution < -0.4 is 9.47 Å². The van der Waals surface area contributed by atoms with Crippen LogP contribution in [0, 0.1) is 12.7 Å². The van der Waals surface area contributed by atoms with Crippen LogP contribution in [-0.2, 0) is 24.8 Å². The van der Waals surface area contributed by atoms with E-state index in [0.29, 0.717) is 25.4 Å². The third-order valence-corrected chi connectivity index (χ3v) is 5.74. The van der Waals surface area contributed by atoms with Gasteiger partial charge in [-0.1, -0.05) is 18.2 Å². The van der Waals surface area contributed by atoms with Crippen molar-refractivity contribution in [1.82, 2.24) is 14.7 Å². The molecule has 2 heterocycles. The van der Waals surface area contributed by atoms with Gasteiger partial charge in [0.1, 0.15) is 23.4 Å². The second-order valence-electron chi connectivity index (χ2n) is 8.15. The summed E-state index contributed by atoms with van der Waals surface area (Å²) in [5.74, 6) is 1.16. The number of aromatic nitrogens is 2. The van der Waals surface area contributed by atoms with Crippen LogP contribution in [0.2, 0.25) is 0 Å². The van der Waals surface area contributed by atoms with Crippen LogP contribution >= 0.6 is 0 Å². The SMILES string of the molecule is COc1cc(C)ccc1CN1CCO[C@H](c2cc(CCOc3cccc(F)c3)n(C)n2)C1. The molecular weight excluding hydrogens is 409 g/mol. The van der Waals surface area contributed by atoms with Gasteiger partial charge in [-0.3, -0.25) is 9.58 Å². The molecule has 0 spiro atoms. The number of aryl methyl sites for hydroxylation is 2. The topological polar surface area (TPSA) is 48.8 Å². The zero-order valence-corrected chi connectivity index (χ0v) is 18.9. The molecule has 1 aromatic heterocycles. The Morgan fingerprint density at radius 2 is 2.06 bits per heavy atom. The van der Waals surface area contributed by atoms with E-state index in [9.17, 15) is 4.39 Å². The van der Waals surface area contributed by atoms with Gasteiger partial charge in [-0.2, -0.15) is 5.10 Å². The van der Waals surface area contributed by atoms with Crippen LogP contribution in [0.15, 0.2) is 48.5 Å². The Labute approximate surface area is 188 Å². The summed E-state index contributed by atoms with van der Waals surface area (Å²) in [5, 5.41) is 4.69. The van der Waals surface area contributed by atoms with E-state index in [4.69, 9.17) is 14.2 Å². The van der Waals surface area contributed by atoms with E-state index in [0.717, 1.165) is 36.8 Å². The third-order valence-electron chi connectivity index (χ3n) is 5.74. The Bertz CT molecular complexity index is 1050. The van der Waals surface area contributed by atoms with Crippen molar-refractivity contribution in [2.24, 2.45) is 7.05 Å². The lowest BCUT2D eigenvalue weighted by Gasteiger charge is -2.32. The smallest absolute Gasteiger partial charge is 0.126 e. The molecule has 0 unspecified atom stereocenters. The van der Waals surface area contributed by atoms with Gasteiger partial charge in [0.2, 0.25) is 0 Å². The van der Waals surface area contributed by atoms with Crippen LogP contribution in [0.25, 0.3) is 0 Å². The Balaban J connectivity index is 1.36. The standard InChI is InChI=1S/C25H30FN3O3/c1-18-7-8-19(24(13-18)30-3)16-29-10-12-32-25(17-29)23-15-21(28(2)27-23)9-11-31-22-6-4-5-20(26)14-22/h4-8,13-15,25H,9-12,16-17H2,1-3H3/t25-/m0/s1. The summed E-state index contributed by atoms with van der Waals surface area (Å²) >= 11 is 0. The molecule has 4 rings (SSSR count). The molecule has 7 heteroatoms. The van der Waals surface area contributed by atoms with E-state index < -0.39 is 0 Å². The van der Waals surface area contributed by atoms with Crippen molar-refractivity contribution in [2.75, 3.05) is 33.4 Å². The second kappa shape index (κ2) is 10.1. The third kappa shape index (κ3) is 5.47. The Hall–Kier alpha value is -2.90. The summed E-state index contributed by atoms with van der Waals surface area (Å²) in [6.45, 7) is 5.63. The van der Waals surface area contributed by atoms with Gasteiger partial charge >= 0.3 is 0 Å². The lowest BCUT2D eigenvalue weighted by atomic mass is 10.1. The largest absolute Gasteiger partial charge is 0.496 e. The van der Waals surface area contributed by atoms with Gasteiger partial charge in [-0.05, 0) is 36.8 Å². The summed E-state index contributed by atoms with van der Waals surface area (Å²) in [5.41, 5.74) is 4.34. The first-order valence-electron chi connectivity index (χ1n) is 10.9. The molecule has 6 nitrogen and oxygen atoms in total. The van der Waals surface area contributed by atoms with Crippen LogP contribution in [-0.4, -0.2) is 48.1 Å². The molecule has 1 aliphatic rings. The Morgan fingerprint density at radius 1 is 1.19 bits per heavy atom. The van der Waals surface area contributed by atoms with Crippen molar-refractivity contribution in [3.63, 3.8) is 0 Å². The molecule has 0 radical (unpaired) electrons. The van der Waals surface area contributed by atoms with E-state index in [1.807, 2.05) is 11.7 Å². The first-order chi connectivity index (χ1) is 15.5. The number of hydrogen-bond acceptors (Lipinski definition) is 5. The second-order valence-corrected chi connectivity index (χ2v) is 8.15. The molecule has 0 bridgehead atoms. The number of benzene rings is 2. The minimum absolute atomic E-state index is 0.0794. The molecule has 3 aromatic rings. The number of hydrogen-bond donors (Lipinski definition) is 0. The quantitative estimate of drug-likeness (QED) is 0.530. The molecule has 0 N–H and O–H groups in total. The van der Waals surface area contributed by atoms with Crippen molar-refractivity contribution >= 4 is 0 Å². The molecule has 32 heavy (non-hydrogen) atoms. The van der Waals surface area contributed by atoms with Crippen molar-refractivity contribution in [3.05, 3.63) is 76.9 Å². The monoisotopic (exact) mass is 439 g/mol. The van der Waals surface area contributed by atoms with Gasteiger partial charge in [0.15, 0.2) is 0 Å². The highest BCUT2D eigenvalue weighted by Gasteiger charge is 2.25. The Morgan fingerprint density at radius 3 is 2.88 bits per heavy atom. The van der Waals surface area contributed by atoms with E-state index in [-0.39, 0.29) is 11.9 Å². The molecule has 170 valence electrons. The van der Waals surface area contributed by atoms with Crippen molar-refractivity contribution < 1.29 is 18.6 Å². The van der Waals surface area contributed by atoms with Gasteiger partial charge in [0.25, 0.3) is 0 Å². The molecule has 1 saturated heterocycles. The maximum Gasteiger partial charge on any atom is 0.126 e. The fraction of sp³-hybridized carbons (Fsp3) is 0.400. The number of ether oxygens (including phenoxy) is 3. The maximum absolute atomic E-state index is 13.3. The molecule has 1 fully saturated rings. The Kier molecular flexibility index (Phi) is 7.07. The van der Waals surface area contributed by atoms with E-state index >= 15 is 0 Å². The summed E-state index contributed by atoms with van der Waals surface area (Å²) in [6.07, 6.45) is 0.598. The van der Waals surface area contributed by atoms with Gasteiger partial charge in [0.05, 0.1) is 26.0 Å². The number of morpholine rings is 1. The molecule has 1 atom stereocenters. The highest BCUT2D eigenvalue weighted by Crippen LogP contribution is 2.26. The fourth-order valence-corrected chi connectivity index (χ4v) is 4.00. The average molecular weight is 440 g/mol. The first kappa shape index (κ1) is 22.3.